The molecule has 0 aromatic heterocycles. The minimum atomic E-state index is -0.489. The van der Waals surface area contributed by atoms with Gasteiger partial charge in [-0.1, -0.05) is 19.1 Å². The third-order valence-electron chi connectivity index (χ3n) is 4.86. The molecule has 0 spiro atoms. The molecule has 2 atom stereocenters. The number of esters is 1. The van der Waals surface area contributed by atoms with Crippen molar-refractivity contribution in [3.05, 3.63) is 46.7 Å². The average Bonchev–Trinajstić information content (AvgIpc) is 3.00. The third-order valence-corrected chi connectivity index (χ3v) is 4.86. The van der Waals surface area contributed by atoms with Crippen LogP contribution in [0.4, 0.5) is 0 Å². The highest BCUT2D eigenvalue weighted by Crippen LogP contribution is 2.36. The number of carbonyl (C=O) groups is 1. The monoisotopic (exact) mass is 355 g/mol. The van der Waals surface area contributed by atoms with Gasteiger partial charge in [-0.3, -0.25) is 0 Å². The van der Waals surface area contributed by atoms with Crippen LogP contribution in [-0.4, -0.2) is 18.7 Å². The molecule has 26 heavy (non-hydrogen) atoms. The van der Waals surface area contributed by atoms with Gasteiger partial charge in [0.1, 0.15) is 11.4 Å². The van der Waals surface area contributed by atoms with Crippen LogP contribution in [0.15, 0.2) is 35.6 Å². The van der Waals surface area contributed by atoms with Crippen molar-refractivity contribution < 1.29 is 14.3 Å². The summed E-state index contributed by atoms with van der Waals surface area (Å²) >= 11 is 0. The number of methoxy groups -OCH3 is 1. The summed E-state index contributed by atoms with van der Waals surface area (Å²) in [6.07, 6.45) is 3.84. The zero-order chi connectivity index (χ0) is 19.3. The van der Waals surface area contributed by atoms with Crippen LogP contribution in [0.5, 0.6) is 0 Å². The van der Waals surface area contributed by atoms with Gasteiger partial charge in [-0.15, -0.1) is 0 Å². The van der Waals surface area contributed by atoms with Crippen molar-refractivity contribution in [3.8, 4) is 6.07 Å². The highest BCUT2D eigenvalue weighted by atomic mass is 16.6. The molecular weight excluding hydrogens is 326 g/mol. The Morgan fingerprint density at radius 2 is 1.96 bits per heavy atom. The van der Waals surface area contributed by atoms with Crippen molar-refractivity contribution >= 4 is 5.97 Å². The maximum atomic E-state index is 12.1. The van der Waals surface area contributed by atoms with Crippen LogP contribution in [0.3, 0.4) is 0 Å². The van der Waals surface area contributed by atoms with Crippen molar-refractivity contribution in [2.24, 2.45) is 5.92 Å². The maximum Gasteiger partial charge on any atom is 0.338 e. The molecule has 2 unspecified atom stereocenters. The second kappa shape index (κ2) is 8.40. The van der Waals surface area contributed by atoms with E-state index in [2.05, 4.69) is 13.0 Å². The minimum Gasteiger partial charge on any atom is -0.500 e. The van der Waals surface area contributed by atoms with Gasteiger partial charge in [0, 0.05) is 6.42 Å². The van der Waals surface area contributed by atoms with E-state index in [1.807, 2.05) is 45.0 Å². The number of nitrogens with zero attached hydrogens (tertiary/aromatic N) is 1. The number of benzene rings is 1. The zero-order valence-corrected chi connectivity index (χ0v) is 16.5. The largest absolute Gasteiger partial charge is 0.500 e. The Morgan fingerprint density at radius 3 is 2.50 bits per heavy atom. The number of rotatable bonds is 6. The summed E-state index contributed by atoms with van der Waals surface area (Å²) in [7, 11) is 1.64. The fourth-order valence-corrected chi connectivity index (χ4v) is 3.37. The quantitative estimate of drug-likeness (QED) is 0.645. The third kappa shape index (κ3) is 5.11. The Labute approximate surface area is 156 Å². The molecular formula is C22H29NO3. The lowest BCUT2D eigenvalue weighted by atomic mass is 9.89. The summed E-state index contributed by atoms with van der Waals surface area (Å²) in [6.45, 7) is 7.78. The van der Waals surface area contributed by atoms with Gasteiger partial charge in [0.2, 0.25) is 0 Å². The van der Waals surface area contributed by atoms with E-state index in [1.54, 1.807) is 7.11 Å². The number of carbonyl (C=O) groups excluding carboxylic acids is 1. The van der Waals surface area contributed by atoms with Crippen molar-refractivity contribution in [2.45, 2.75) is 64.9 Å². The topological polar surface area (TPSA) is 59.3 Å². The Morgan fingerprint density at radius 1 is 1.31 bits per heavy atom. The highest BCUT2D eigenvalue weighted by Gasteiger charge is 2.27. The average molecular weight is 355 g/mol. The van der Waals surface area contributed by atoms with E-state index >= 15 is 0 Å². The normalized spacial score (nSPS) is 18.4. The van der Waals surface area contributed by atoms with E-state index in [1.165, 1.54) is 5.56 Å². The predicted octanol–water partition coefficient (Wildman–Crippen LogP) is 5.36. The molecule has 0 bridgehead atoms. The first-order valence-electron chi connectivity index (χ1n) is 9.25. The van der Waals surface area contributed by atoms with Gasteiger partial charge < -0.3 is 9.47 Å². The van der Waals surface area contributed by atoms with E-state index in [0.717, 1.165) is 37.0 Å². The number of allylic oxidation sites excluding steroid dienone is 2. The summed E-state index contributed by atoms with van der Waals surface area (Å²) in [5, 5.41) is 9.35. The maximum absolute atomic E-state index is 12.1. The molecule has 0 heterocycles. The van der Waals surface area contributed by atoms with Crippen LogP contribution < -0.4 is 0 Å². The molecule has 0 N–H and O–H groups in total. The van der Waals surface area contributed by atoms with E-state index in [-0.39, 0.29) is 5.97 Å². The first-order chi connectivity index (χ1) is 12.2. The van der Waals surface area contributed by atoms with Crippen LogP contribution in [0.2, 0.25) is 0 Å². The minimum absolute atomic E-state index is 0.293. The second-order valence-corrected chi connectivity index (χ2v) is 7.99. The molecule has 1 aliphatic carbocycles. The van der Waals surface area contributed by atoms with E-state index in [0.29, 0.717) is 17.4 Å². The summed E-state index contributed by atoms with van der Waals surface area (Å²) in [6, 6.07) is 9.99. The summed E-state index contributed by atoms with van der Waals surface area (Å²) in [5.41, 5.74) is 2.10. The van der Waals surface area contributed by atoms with Gasteiger partial charge in [-0.05, 0) is 69.6 Å². The van der Waals surface area contributed by atoms with Crippen LogP contribution in [0.1, 0.15) is 75.2 Å². The Bertz CT molecular complexity index is 704. The predicted molar refractivity (Wildman–Crippen MR) is 102 cm³/mol. The second-order valence-electron chi connectivity index (χ2n) is 7.99. The van der Waals surface area contributed by atoms with Gasteiger partial charge >= 0.3 is 5.97 Å². The van der Waals surface area contributed by atoms with Crippen LogP contribution in [-0.2, 0) is 9.47 Å². The van der Waals surface area contributed by atoms with Crippen LogP contribution in [0.25, 0.3) is 0 Å². The van der Waals surface area contributed by atoms with Crippen molar-refractivity contribution in [1.29, 1.82) is 5.26 Å². The number of ether oxygens (including phenoxy) is 2. The standard InChI is InChI=1S/C22H29NO3/c1-15(6-7-17-12-13-20(25-5)19(17)14-23)16-8-10-18(11-9-16)21(24)26-22(2,3)4/h8-11,15,17H,6-7,12-13H2,1-5H3. The Balaban J connectivity index is 1.94. The molecule has 1 aromatic rings. The molecule has 4 nitrogen and oxygen atoms in total. The first kappa shape index (κ1) is 20.0. The summed E-state index contributed by atoms with van der Waals surface area (Å²) in [4.78, 5) is 12.1. The molecule has 1 aromatic carbocycles. The SMILES string of the molecule is COC1=C(C#N)C(CCC(C)c2ccc(C(=O)OC(C)(C)C)cc2)CC1. The fourth-order valence-electron chi connectivity index (χ4n) is 3.37. The molecule has 140 valence electrons. The number of hydrogen-bond acceptors (Lipinski definition) is 4. The molecule has 0 fully saturated rings. The molecule has 0 aliphatic heterocycles. The zero-order valence-electron chi connectivity index (χ0n) is 16.5. The summed E-state index contributed by atoms with van der Waals surface area (Å²) in [5.74, 6) is 1.23. The van der Waals surface area contributed by atoms with Gasteiger partial charge in [0.05, 0.1) is 24.3 Å². The summed E-state index contributed by atoms with van der Waals surface area (Å²) < 4.78 is 10.7. The fraction of sp³-hybridized carbons (Fsp3) is 0.545. The smallest absolute Gasteiger partial charge is 0.338 e. The molecule has 4 heteroatoms. The lowest BCUT2D eigenvalue weighted by Crippen LogP contribution is -2.23. The van der Waals surface area contributed by atoms with Gasteiger partial charge in [0.25, 0.3) is 0 Å². The molecule has 0 saturated heterocycles. The lowest BCUT2D eigenvalue weighted by molar-refractivity contribution is 0.00695. The molecule has 1 aliphatic rings. The van der Waals surface area contributed by atoms with Crippen LogP contribution >= 0.6 is 0 Å². The molecule has 2 rings (SSSR count). The van der Waals surface area contributed by atoms with E-state index in [9.17, 15) is 10.1 Å². The van der Waals surface area contributed by atoms with Gasteiger partial charge in [0.15, 0.2) is 0 Å². The van der Waals surface area contributed by atoms with Crippen molar-refractivity contribution in [1.82, 2.24) is 0 Å². The van der Waals surface area contributed by atoms with E-state index in [4.69, 9.17) is 9.47 Å². The van der Waals surface area contributed by atoms with Crippen LogP contribution in [0, 0.1) is 17.2 Å². The Kier molecular flexibility index (Phi) is 6.47. The highest BCUT2D eigenvalue weighted by molar-refractivity contribution is 5.89. The first-order valence-corrected chi connectivity index (χ1v) is 9.25. The lowest BCUT2D eigenvalue weighted by Gasteiger charge is -2.20. The van der Waals surface area contributed by atoms with E-state index < -0.39 is 5.60 Å². The number of hydrogen-bond donors (Lipinski definition) is 0. The van der Waals surface area contributed by atoms with Gasteiger partial charge in [-0.25, -0.2) is 4.79 Å². The van der Waals surface area contributed by atoms with Crippen molar-refractivity contribution in [2.75, 3.05) is 7.11 Å². The molecule has 0 amide bonds. The molecule has 0 radical (unpaired) electrons. The van der Waals surface area contributed by atoms with Crippen molar-refractivity contribution in [3.63, 3.8) is 0 Å². The van der Waals surface area contributed by atoms with Gasteiger partial charge in [-0.2, -0.15) is 5.26 Å². The molecule has 0 saturated carbocycles. The number of nitriles is 1. The Hall–Kier alpha value is -2.28.